The van der Waals surface area contributed by atoms with Crippen molar-refractivity contribution in [2.45, 2.75) is 31.3 Å². The van der Waals surface area contributed by atoms with Crippen LogP contribution in [0.1, 0.15) is 29.8 Å². The highest BCUT2D eigenvalue weighted by Gasteiger charge is 2.38. The smallest absolute Gasteiger partial charge is 0.326 e. The fraction of sp³-hybridized carbons (Fsp3) is 0.231. The number of rotatable bonds is 8. The van der Waals surface area contributed by atoms with E-state index >= 15 is 0 Å². The number of carboxylic acid groups (broad SMARTS) is 1. The molecule has 3 aromatic carbocycles. The van der Waals surface area contributed by atoms with Crippen molar-refractivity contribution in [2.24, 2.45) is 5.92 Å². The number of benzene rings is 3. The Morgan fingerprint density at radius 1 is 1.00 bits per heavy atom. The molecule has 1 amide bonds. The number of nitrogens with one attached hydrogen (secondary N) is 1. The van der Waals surface area contributed by atoms with Gasteiger partial charge < -0.3 is 14.7 Å². The topological polar surface area (TPSA) is 113 Å². The van der Waals surface area contributed by atoms with Gasteiger partial charge in [0, 0.05) is 17.8 Å². The number of sulfonamides is 1. The van der Waals surface area contributed by atoms with Gasteiger partial charge in [-0.2, -0.15) is 0 Å². The van der Waals surface area contributed by atoms with E-state index in [1.165, 1.54) is 24.1 Å². The number of carboxylic acids is 1. The molecule has 0 aliphatic carbocycles. The van der Waals surface area contributed by atoms with E-state index in [1.54, 1.807) is 56.3 Å². The van der Waals surface area contributed by atoms with Crippen molar-refractivity contribution < 1.29 is 27.9 Å². The molecule has 0 fully saturated rings. The number of hydrogen-bond donors (Lipinski definition) is 2. The van der Waals surface area contributed by atoms with Gasteiger partial charge in [0.25, 0.3) is 15.9 Å². The average Bonchev–Trinajstić information content (AvgIpc) is 3.14. The molecule has 1 heterocycles. The van der Waals surface area contributed by atoms with Gasteiger partial charge in [0.1, 0.15) is 11.8 Å². The summed E-state index contributed by atoms with van der Waals surface area (Å²) in [6.45, 7) is 3.80. The van der Waals surface area contributed by atoms with Crippen LogP contribution in [0.3, 0.4) is 0 Å². The van der Waals surface area contributed by atoms with E-state index in [2.05, 4.69) is 4.72 Å². The van der Waals surface area contributed by atoms with Crippen LogP contribution in [0.15, 0.2) is 71.6 Å². The van der Waals surface area contributed by atoms with E-state index < -0.39 is 22.0 Å². The molecule has 1 atom stereocenters. The first kappa shape index (κ1) is 24.3. The van der Waals surface area contributed by atoms with Crippen LogP contribution in [0, 0.1) is 5.92 Å². The third kappa shape index (κ3) is 4.85. The predicted molar refractivity (Wildman–Crippen MR) is 132 cm³/mol. The molecule has 0 aromatic heterocycles. The van der Waals surface area contributed by atoms with Gasteiger partial charge in [-0.05, 0) is 71.1 Å². The Labute approximate surface area is 204 Å². The highest BCUT2D eigenvalue weighted by atomic mass is 32.2. The number of amides is 1. The summed E-state index contributed by atoms with van der Waals surface area (Å²) in [4.78, 5) is 26.1. The molecule has 35 heavy (non-hydrogen) atoms. The van der Waals surface area contributed by atoms with Gasteiger partial charge in [-0.3, -0.25) is 9.52 Å². The summed E-state index contributed by atoms with van der Waals surface area (Å²) in [6.07, 6.45) is 0. The van der Waals surface area contributed by atoms with Gasteiger partial charge in [-0.1, -0.05) is 32.0 Å². The van der Waals surface area contributed by atoms with Crippen LogP contribution in [-0.4, -0.2) is 43.5 Å². The fourth-order valence-corrected chi connectivity index (χ4v) is 5.28. The maximum atomic E-state index is 12.8. The van der Waals surface area contributed by atoms with E-state index in [0.717, 1.165) is 16.7 Å². The summed E-state index contributed by atoms with van der Waals surface area (Å²) in [7, 11) is -2.24. The Bertz CT molecular complexity index is 1370. The molecule has 0 radical (unpaired) electrons. The van der Waals surface area contributed by atoms with Gasteiger partial charge in [-0.15, -0.1) is 0 Å². The Hall–Kier alpha value is -3.85. The number of carbonyl (C=O) groups is 2. The molecule has 1 aliphatic rings. The van der Waals surface area contributed by atoms with Crippen LogP contribution in [0.25, 0.3) is 11.1 Å². The van der Waals surface area contributed by atoms with E-state index in [-0.39, 0.29) is 23.3 Å². The molecule has 0 unspecified atom stereocenters. The molecule has 182 valence electrons. The van der Waals surface area contributed by atoms with Gasteiger partial charge >= 0.3 is 5.97 Å². The summed E-state index contributed by atoms with van der Waals surface area (Å²) in [5, 5.41) is 9.59. The number of nitrogens with zero attached hydrogens (tertiary/aromatic N) is 1. The summed E-state index contributed by atoms with van der Waals surface area (Å²) in [6, 6.07) is 17.5. The molecule has 8 nitrogen and oxygen atoms in total. The second kappa shape index (κ2) is 9.42. The summed E-state index contributed by atoms with van der Waals surface area (Å²) < 4.78 is 33.0. The maximum Gasteiger partial charge on any atom is 0.326 e. The molecule has 2 N–H and O–H groups in total. The minimum atomic E-state index is -3.75. The third-order valence-corrected chi connectivity index (χ3v) is 7.39. The lowest BCUT2D eigenvalue weighted by atomic mass is 10.0. The summed E-state index contributed by atoms with van der Waals surface area (Å²) >= 11 is 0. The standard InChI is InChI=1S/C26H26N2O6S/c1-16(2)24(26(30)31)28-15-19-14-18(6-13-23(19)25(28)29)17-4-7-20(8-5-17)27-35(32,33)22-11-9-21(34-3)10-12-22/h4-14,16,24,27H,15H2,1-3H3,(H,30,31)/t24-/m0/s1. The van der Waals surface area contributed by atoms with Crippen LogP contribution < -0.4 is 9.46 Å². The lowest BCUT2D eigenvalue weighted by molar-refractivity contribution is -0.144. The molecule has 3 aromatic rings. The molecule has 9 heteroatoms. The number of ether oxygens (including phenoxy) is 1. The van der Waals surface area contributed by atoms with Crippen LogP contribution in [0.2, 0.25) is 0 Å². The van der Waals surface area contributed by atoms with Gasteiger partial charge in [0.05, 0.1) is 12.0 Å². The van der Waals surface area contributed by atoms with Gasteiger partial charge in [0.2, 0.25) is 0 Å². The first-order valence-corrected chi connectivity index (χ1v) is 12.5. The van der Waals surface area contributed by atoms with E-state index in [4.69, 9.17) is 4.74 Å². The first-order valence-electron chi connectivity index (χ1n) is 11.0. The zero-order valence-electron chi connectivity index (χ0n) is 19.6. The molecule has 0 saturated carbocycles. The SMILES string of the molecule is COc1ccc(S(=O)(=O)Nc2ccc(-c3ccc4c(c3)CN([C@H](C(=O)O)C(C)C)C4=O)cc2)cc1. The zero-order valence-corrected chi connectivity index (χ0v) is 20.4. The largest absolute Gasteiger partial charge is 0.497 e. The molecular weight excluding hydrogens is 468 g/mol. The van der Waals surface area contributed by atoms with Crippen molar-refractivity contribution in [1.29, 1.82) is 0 Å². The zero-order chi connectivity index (χ0) is 25.3. The third-order valence-electron chi connectivity index (χ3n) is 6.00. The number of aliphatic carboxylic acids is 1. The predicted octanol–water partition coefficient (Wildman–Crippen LogP) is 4.23. The highest BCUT2D eigenvalue weighted by molar-refractivity contribution is 7.92. The van der Waals surface area contributed by atoms with Crippen molar-refractivity contribution in [3.63, 3.8) is 0 Å². The molecule has 4 rings (SSSR count). The van der Waals surface area contributed by atoms with Crippen LogP contribution in [0.4, 0.5) is 5.69 Å². The molecule has 0 spiro atoms. The average molecular weight is 495 g/mol. The second-order valence-corrected chi connectivity index (χ2v) is 10.4. The van der Waals surface area contributed by atoms with E-state index in [0.29, 0.717) is 17.0 Å². The van der Waals surface area contributed by atoms with E-state index in [9.17, 15) is 23.1 Å². The number of fused-ring (bicyclic) bond motifs is 1. The van der Waals surface area contributed by atoms with Crippen molar-refractivity contribution in [2.75, 3.05) is 11.8 Å². The first-order chi connectivity index (χ1) is 16.6. The monoisotopic (exact) mass is 494 g/mol. The summed E-state index contributed by atoms with van der Waals surface area (Å²) in [5.74, 6) is -0.959. The maximum absolute atomic E-state index is 12.8. The summed E-state index contributed by atoms with van der Waals surface area (Å²) in [5.41, 5.74) is 3.37. The Morgan fingerprint density at radius 3 is 2.20 bits per heavy atom. The molecule has 0 bridgehead atoms. The molecular formula is C26H26N2O6S. The minimum absolute atomic E-state index is 0.122. The van der Waals surface area contributed by atoms with Crippen LogP contribution >= 0.6 is 0 Å². The van der Waals surface area contributed by atoms with Crippen LogP contribution in [-0.2, 0) is 21.4 Å². The fourth-order valence-electron chi connectivity index (χ4n) is 4.23. The van der Waals surface area contributed by atoms with Gasteiger partial charge in [-0.25, -0.2) is 13.2 Å². The van der Waals surface area contributed by atoms with Crippen molar-refractivity contribution in [3.8, 4) is 16.9 Å². The number of hydrogen-bond acceptors (Lipinski definition) is 5. The van der Waals surface area contributed by atoms with Crippen molar-refractivity contribution in [1.82, 2.24) is 4.90 Å². The number of anilines is 1. The lowest BCUT2D eigenvalue weighted by Gasteiger charge is -2.27. The molecule has 0 saturated heterocycles. The molecule has 1 aliphatic heterocycles. The quantitative estimate of drug-likeness (QED) is 0.485. The number of carbonyl (C=O) groups excluding carboxylic acids is 1. The second-order valence-electron chi connectivity index (χ2n) is 8.69. The number of methoxy groups -OCH3 is 1. The van der Waals surface area contributed by atoms with Gasteiger partial charge in [0.15, 0.2) is 0 Å². The Balaban J connectivity index is 1.52. The minimum Gasteiger partial charge on any atom is -0.497 e. The van der Waals surface area contributed by atoms with Crippen LogP contribution in [0.5, 0.6) is 5.75 Å². The normalized spacial score (nSPS) is 14.1. The highest BCUT2D eigenvalue weighted by Crippen LogP contribution is 2.32. The lowest BCUT2D eigenvalue weighted by Crippen LogP contribution is -2.44. The Morgan fingerprint density at radius 2 is 1.63 bits per heavy atom. The van der Waals surface area contributed by atoms with Crippen molar-refractivity contribution >= 4 is 27.6 Å². The Kier molecular flexibility index (Phi) is 6.53. The van der Waals surface area contributed by atoms with E-state index in [1.807, 2.05) is 12.1 Å². The van der Waals surface area contributed by atoms with Crippen molar-refractivity contribution in [3.05, 3.63) is 77.9 Å².